The average molecular weight is 362 g/mol. The zero-order chi connectivity index (χ0) is 19.1. The maximum atomic E-state index is 12.6. The fourth-order valence-corrected chi connectivity index (χ4v) is 2.68. The number of hydrogen-bond acceptors (Lipinski definition) is 4. The highest BCUT2D eigenvalue weighted by Crippen LogP contribution is 2.30. The van der Waals surface area contributed by atoms with Crippen molar-refractivity contribution in [2.75, 3.05) is 31.6 Å². The average Bonchev–Trinajstić information content (AvgIpc) is 2.98. The molecule has 1 heterocycles. The first-order valence-corrected chi connectivity index (χ1v) is 8.70. The molecule has 0 bridgehead atoms. The largest absolute Gasteiger partial charge is 0.495 e. The number of amides is 4. The fourth-order valence-electron chi connectivity index (χ4n) is 2.68. The van der Waals surface area contributed by atoms with Gasteiger partial charge in [-0.05, 0) is 18.6 Å². The number of anilines is 1. The number of benzene rings is 1. The smallest absolute Gasteiger partial charge is 0.315 e. The van der Waals surface area contributed by atoms with Gasteiger partial charge in [0.05, 0.1) is 12.8 Å². The molecule has 8 nitrogen and oxygen atoms in total. The molecule has 0 spiro atoms. The van der Waals surface area contributed by atoms with E-state index in [2.05, 4.69) is 16.0 Å². The van der Waals surface area contributed by atoms with Crippen LogP contribution in [0.2, 0.25) is 0 Å². The van der Waals surface area contributed by atoms with Crippen LogP contribution in [0.3, 0.4) is 0 Å². The first-order chi connectivity index (χ1) is 12.4. The summed E-state index contributed by atoms with van der Waals surface area (Å²) in [5.41, 5.74) is 0.695. The van der Waals surface area contributed by atoms with E-state index in [0.29, 0.717) is 37.5 Å². The van der Waals surface area contributed by atoms with E-state index in [9.17, 15) is 14.4 Å². The lowest BCUT2D eigenvalue weighted by molar-refractivity contribution is -0.124. The molecule has 26 heavy (non-hydrogen) atoms. The maximum Gasteiger partial charge on any atom is 0.315 e. The number of methoxy groups -OCH3 is 1. The summed E-state index contributed by atoms with van der Waals surface area (Å²) in [6, 6.07) is 6.28. The number of rotatable bonds is 7. The Labute approximate surface area is 153 Å². The van der Waals surface area contributed by atoms with Gasteiger partial charge < -0.3 is 25.6 Å². The summed E-state index contributed by atoms with van der Waals surface area (Å²) in [5.74, 6) is 0.288. The molecule has 1 aliphatic rings. The van der Waals surface area contributed by atoms with Gasteiger partial charge in [-0.25, -0.2) is 4.79 Å². The van der Waals surface area contributed by atoms with Crippen LogP contribution in [0.4, 0.5) is 10.5 Å². The van der Waals surface area contributed by atoms with Crippen molar-refractivity contribution in [3.8, 4) is 5.75 Å². The van der Waals surface area contributed by atoms with Gasteiger partial charge in [-0.15, -0.1) is 0 Å². The van der Waals surface area contributed by atoms with Gasteiger partial charge in [0.25, 0.3) is 0 Å². The van der Waals surface area contributed by atoms with E-state index in [1.807, 2.05) is 18.2 Å². The molecule has 0 saturated carbocycles. The van der Waals surface area contributed by atoms with Gasteiger partial charge in [-0.3, -0.25) is 9.59 Å². The first kappa shape index (κ1) is 19.6. The molecule has 1 aliphatic heterocycles. The normalized spacial score (nSPS) is 16.5. The monoisotopic (exact) mass is 362 g/mol. The van der Waals surface area contributed by atoms with Gasteiger partial charge in [0.15, 0.2) is 0 Å². The highest BCUT2D eigenvalue weighted by Gasteiger charge is 2.34. The SMILES string of the molecule is COc1ccccc1N1CCC(NC(=O)NCCNC(=O)C(C)C)C1=O. The Morgan fingerprint density at radius 1 is 1.23 bits per heavy atom. The number of nitrogens with one attached hydrogen (secondary N) is 3. The molecule has 142 valence electrons. The van der Waals surface area contributed by atoms with Crippen molar-refractivity contribution in [2.45, 2.75) is 26.3 Å². The number of ether oxygens (including phenoxy) is 1. The Morgan fingerprint density at radius 3 is 2.62 bits per heavy atom. The van der Waals surface area contributed by atoms with E-state index < -0.39 is 12.1 Å². The van der Waals surface area contributed by atoms with Crippen molar-refractivity contribution in [1.82, 2.24) is 16.0 Å². The van der Waals surface area contributed by atoms with E-state index in [-0.39, 0.29) is 17.7 Å². The van der Waals surface area contributed by atoms with Crippen LogP contribution in [0.1, 0.15) is 20.3 Å². The zero-order valence-electron chi connectivity index (χ0n) is 15.4. The summed E-state index contributed by atoms with van der Waals surface area (Å²) < 4.78 is 5.30. The van der Waals surface area contributed by atoms with Crippen molar-refractivity contribution < 1.29 is 19.1 Å². The van der Waals surface area contributed by atoms with Crippen LogP contribution in [0.25, 0.3) is 0 Å². The molecule has 0 aromatic heterocycles. The number of urea groups is 1. The minimum Gasteiger partial charge on any atom is -0.495 e. The second-order valence-corrected chi connectivity index (χ2v) is 6.35. The molecule has 2 rings (SSSR count). The predicted molar refractivity (Wildman–Crippen MR) is 98.1 cm³/mol. The summed E-state index contributed by atoms with van der Waals surface area (Å²) in [6.45, 7) is 4.75. The second kappa shape index (κ2) is 9.07. The molecular weight excluding hydrogens is 336 g/mol. The predicted octanol–water partition coefficient (Wildman–Crippen LogP) is 0.872. The van der Waals surface area contributed by atoms with Crippen LogP contribution < -0.4 is 25.6 Å². The zero-order valence-corrected chi connectivity index (χ0v) is 15.4. The molecule has 0 aliphatic carbocycles. The first-order valence-electron chi connectivity index (χ1n) is 8.70. The van der Waals surface area contributed by atoms with Crippen LogP contribution in [0.5, 0.6) is 5.75 Å². The Morgan fingerprint density at radius 2 is 1.92 bits per heavy atom. The molecule has 8 heteroatoms. The number of hydrogen-bond donors (Lipinski definition) is 3. The molecule has 3 N–H and O–H groups in total. The van der Waals surface area contributed by atoms with Gasteiger partial charge in [0.1, 0.15) is 11.8 Å². The third-order valence-corrected chi connectivity index (χ3v) is 4.12. The quantitative estimate of drug-likeness (QED) is 0.627. The Hall–Kier alpha value is -2.77. The highest BCUT2D eigenvalue weighted by molar-refractivity contribution is 6.02. The minimum absolute atomic E-state index is 0.0642. The number of para-hydroxylation sites is 2. The Bertz CT molecular complexity index is 662. The molecule has 1 atom stereocenters. The van der Waals surface area contributed by atoms with Crippen LogP contribution in [0.15, 0.2) is 24.3 Å². The standard InChI is InChI=1S/C18H26N4O4/c1-12(2)16(23)19-9-10-20-18(25)21-13-8-11-22(17(13)24)14-6-4-5-7-15(14)26-3/h4-7,12-13H,8-11H2,1-3H3,(H,19,23)(H2,20,21,25). The van der Waals surface area contributed by atoms with Crippen molar-refractivity contribution in [2.24, 2.45) is 5.92 Å². The van der Waals surface area contributed by atoms with Crippen LogP contribution in [-0.4, -0.2) is 50.6 Å². The fraction of sp³-hybridized carbons (Fsp3) is 0.500. The summed E-state index contributed by atoms with van der Waals surface area (Å²) >= 11 is 0. The maximum absolute atomic E-state index is 12.6. The molecule has 0 radical (unpaired) electrons. The lowest BCUT2D eigenvalue weighted by Gasteiger charge is -2.19. The molecule has 1 unspecified atom stereocenters. The Kier molecular flexibility index (Phi) is 6.82. The molecule has 1 fully saturated rings. The van der Waals surface area contributed by atoms with Crippen molar-refractivity contribution >= 4 is 23.5 Å². The van der Waals surface area contributed by atoms with Crippen LogP contribution in [0, 0.1) is 5.92 Å². The summed E-state index contributed by atoms with van der Waals surface area (Å²) in [7, 11) is 1.56. The molecule has 1 aromatic rings. The molecule has 4 amide bonds. The minimum atomic E-state index is -0.579. The number of nitrogens with zero attached hydrogens (tertiary/aromatic N) is 1. The van der Waals surface area contributed by atoms with Gasteiger partial charge in [0.2, 0.25) is 11.8 Å². The van der Waals surface area contributed by atoms with Gasteiger partial charge in [0, 0.05) is 25.6 Å². The van der Waals surface area contributed by atoms with Crippen LogP contribution in [-0.2, 0) is 9.59 Å². The third-order valence-electron chi connectivity index (χ3n) is 4.12. The number of carbonyl (C=O) groups is 3. The topological polar surface area (TPSA) is 99.8 Å². The molecule has 1 saturated heterocycles. The number of carbonyl (C=O) groups excluding carboxylic acids is 3. The summed E-state index contributed by atoms with van der Waals surface area (Å²) in [6.07, 6.45) is 0.522. The van der Waals surface area contributed by atoms with Gasteiger partial charge >= 0.3 is 6.03 Å². The summed E-state index contributed by atoms with van der Waals surface area (Å²) in [4.78, 5) is 37.6. The van der Waals surface area contributed by atoms with E-state index in [1.165, 1.54) is 0 Å². The highest BCUT2D eigenvalue weighted by atomic mass is 16.5. The second-order valence-electron chi connectivity index (χ2n) is 6.35. The van der Waals surface area contributed by atoms with Gasteiger partial charge in [-0.2, -0.15) is 0 Å². The van der Waals surface area contributed by atoms with E-state index in [4.69, 9.17) is 4.74 Å². The van der Waals surface area contributed by atoms with Crippen molar-refractivity contribution in [3.63, 3.8) is 0 Å². The van der Waals surface area contributed by atoms with E-state index >= 15 is 0 Å². The summed E-state index contributed by atoms with van der Waals surface area (Å²) in [5, 5.41) is 8.03. The van der Waals surface area contributed by atoms with Gasteiger partial charge in [-0.1, -0.05) is 26.0 Å². The lowest BCUT2D eigenvalue weighted by atomic mass is 10.2. The van der Waals surface area contributed by atoms with Crippen molar-refractivity contribution in [1.29, 1.82) is 0 Å². The van der Waals surface area contributed by atoms with E-state index in [1.54, 1.807) is 31.9 Å². The molecular formula is C18H26N4O4. The Balaban J connectivity index is 1.81. The van der Waals surface area contributed by atoms with Crippen molar-refractivity contribution in [3.05, 3.63) is 24.3 Å². The van der Waals surface area contributed by atoms with E-state index in [0.717, 1.165) is 0 Å². The molecule has 1 aromatic carbocycles. The van der Waals surface area contributed by atoms with Crippen LogP contribution >= 0.6 is 0 Å². The third kappa shape index (κ3) is 4.87. The lowest BCUT2D eigenvalue weighted by Crippen LogP contribution is -2.47.